The number of carbonyl (C=O) groups excluding carboxylic acids is 1. The molecule has 2 saturated heterocycles. The van der Waals surface area contributed by atoms with E-state index in [0.717, 1.165) is 49.7 Å². The molecule has 3 fully saturated rings. The van der Waals surface area contributed by atoms with E-state index in [2.05, 4.69) is 17.3 Å². The van der Waals surface area contributed by atoms with Crippen LogP contribution in [-0.4, -0.2) is 47.2 Å². The van der Waals surface area contributed by atoms with E-state index in [1.165, 1.54) is 0 Å². The fourth-order valence-corrected chi connectivity index (χ4v) is 4.33. The molecule has 1 aromatic rings. The Kier molecular flexibility index (Phi) is 3.94. The highest BCUT2D eigenvalue weighted by atomic mass is 32.1. The number of thiazole rings is 1. The largest absolute Gasteiger partial charge is 0.372 e. The second kappa shape index (κ2) is 5.83. The van der Waals surface area contributed by atoms with Gasteiger partial charge in [-0.15, -0.1) is 11.3 Å². The van der Waals surface area contributed by atoms with Crippen molar-refractivity contribution in [2.45, 2.75) is 51.4 Å². The van der Waals surface area contributed by atoms with Crippen molar-refractivity contribution in [3.8, 4) is 0 Å². The van der Waals surface area contributed by atoms with Crippen LogP contribution >= 0.6 is 11.3 Å². The van der Waals surface area contributed by atoms with Crippen molar-refractivity contribution in [1.29, 1.82) is 0 Å². The molecular weight excluding hydrogens is 312 g/mol. The van der Waals surface area contributed by atoms with E-state index < -0.39 is 0 Å². The predicted octanol–water partition coefficient (Wildman–Crippen LogP) is 2.38. The Morgan fingerprint density at radius 2 is 2.35 bits per heavy atom. The lowest BCUT2D eigenvalue weighted by Crippen LogP contribution is -2.67. The molecule has 0 aromatic carbocycles. The maximum atomic E-state index is 12.3. The van der Waals surface area contributed by atoms with Gasteiger partial charge in [-0.25, -0.2) is 4.98 Å². The molecule has 2 aliphatic heterocycles. The van der Waals surface area contributed by atoms with Crippen molar-refractivity contribution in [3.05, 3.63) is 16.1 Å². The Hall–Kier alpha value is -0.980. The van der Waals surface area contributed by atoms with Crippen LogP contribution in [0, 0.1) is 18.8 Å². The minimum atomic E-state index is -0.158. The molecule has 3 heterocycles. The van der Waals surface area contributed by atoms with Gasteiger partial charge in [-0.1, -0.05) is 6.92 Å². The summed E-state index contributed by atoms with van der Waals surface area (Å²) in [5.74, 6) is 1.17. The number of ether oxygens (including phenoxy) is 2. The first-order chi connectivity index (χ1) is 11.0. The zero-order valence-electron chi connectivity index (χ0n) is 13.8. The number of likely N-dealkylation sites (tertiary alicyclic amines) is 1. The zero-order chi connectivity index (χ0) is 16.0. The summed E-state index contributed by atoms with van der Waals surface area (Å²) in [5.41, 5.74) is 0.857. The van der Waals surface area contributed by atoms with Gasteiger partial charge < -0.3 is 14.4 Å². The number of carbonyl (C=O) groups is 1. The number of hydrogen-bond donors (Lipinski definition) is 0. The van der Waals surface area contributed by atoms with Gasteiger partial charge in [0.2, 0.25) is 5.91 Å². The molecule has 1 amide bonds. The first-order valence-electron chi connectivity index (χ1n) is 8.50. The number of rotatable bonds is 4. The van der Waals surface area contributed by atoms with Gasteiger partial charge in [0.05, 0.1) is 36.5 Å². The molecule has 0 radical (unpaired) electrons. The minimum absolute atomic E-state index is 0.158. The van der Waals surface area contributed by atoms with Crippen LogP contribution in [0.5, 0.6) is 0 Å². The van der Waals surface area contributed by atoms with Gasteiger partial charge in [-0.2, -0.15) is 0 Å². The van der Waals surface area contributed by atoms with E-state index in [1.807, 2.05) is 11.8 Å². The Morgan fingerprint density at radius 1 is 1.57 bits per heavy atom. The predicted molar refractivity (Wildman–Crippen MR) is 87.2 cm³/mol. The van der Waals surface area contributed by atoms with Gasteiger partial charge >= 0.3 is 0 Å². The average Bonchev–Trinajstić information content (AvgIpc) is 3.09. The smallest absolute Gasteiger partial charge is 0.226 e. The first kappa shape index (κ1) is 15.5. The summed E-state index contributed by atoms with van der Waals surface area (Å²) in [6, 6.07) is 0. The summed E-state index contributed by atoms with van der Waals surface area (Å²) in [4.78, 5) is 18.7. The van der Waals surface area contributed by atoms with Crippen molar-refractivity contribution < 1.29 is 14.3 Å². The molecule has 0 bridgehead atoms. The van der Waals surface area contributed by atoms with Gasteiger partial charge in [-0.05, 0) is 25.7 Å². The third-order valence-electron chi connectivity index (χ3n) is 5.28. The van der Waals surface area contributed by atoms with Crippen molar-refractivity contribution in [3.63, 3.8) is 0 Å². The quantitative estimate of drug-likeness (QED) is 0.847. The lowest BCUT2D eigenvalue weighted by Gasteiger charge is -2.53. The van der Waals surface area contributed by atoms with Gasteiger partial charge in [-0.3, -0.25) is 4.79 Å². The minimum Gasteiger partial charge on any atom is -0.372 e. The molecule has 3 unspecified atom stereocenters. The number of nitrogens with zero attached hydrogens (tertiary/aromatic N) is 2. The molecule has 6 heteroatoms. The van der Waals surface area contributed by atoms with E-state index in [1.54, 1.807) is 11.3 Å². The molecule has 1 spiro atoms. The SMILES string of the molecule is Cc1nc(COC2CCOC3(C2)CN(C(=O)C2CC2C)C3)cs1. The van der Waals surface area contributed by atoms with Gasteiger partial charge in [0.1, 0.15) is 5.60 Å². The molecular formula is C17H24N2O3S. The van der Waals surface area contributed by atoms with E-state index in [9.17, 15) is 4.79 Å². The molecule has 1 aliphatic carbocycles. The lowest BCUT2D eigenvalue weighted by atomic mass is 9.84. The Labute approximate surface area is 141 Å². The molecule has 3 atom stereocenters. The highest BCUT2D eigenvalue weighted by molar-refractivity contribution is 7.09. The molecule has 1 saturated carbocycles. The van der Waals surface area contributed by atoms with Crippen LogP contribution < -0.4 is 0 Å². The molecule has 0 N–H and O–H groups in total. The van der Waals surface area contributed by atoms with Crippen LogP contribution in [0.2, 0.25) is 0 Å². The molecule has 5 nitrogen and oxygen atoms in total. The summed E-state index contributed by atoms with van der Waals surface area (Å²) in [6.45, 7) is 6.95. The van der Waals surface area contributed by atoms with Crippen LogP contribution in [-0.2, 0) is 20.9 Å². The highest BCUT2D eigenvalue weighted by Crippen LogP contribution is 2.43. The van der Waals surface area contributed by atoms with Crippen LogP contribution in [0.4, 0.5) is 0 Å². The Bertz CT molecular complexity index is 596. The van der Waals surface area contributed by atoms with E-state index in [0.29, 0.717) is 18.4 Å². The van der Waals surface area contributed by atoms with Gasteiger partial charge in [0.15, 0.2) is 0 Å². The summed E-state index contributed by atoms with van der Waals surface area (Å²) in [6.07, 6.45) is 3.09. The fraction of sp³-hybridized carbons (Fsp3) is 0.765. The Balaban J connectivity index is 1.27. The van der Waals surface area contributed by atoms with Crippen molar-refractivity contribution in [2.75, 3.05) is 19.7 Å². The number of aromatic nitrogens is 1. The third kappa shape index (κ3) is 3.16. The van der Waals surface area contributed by atoms with Crippen LogP contribution in [0.3, 0.4) is 0 Å². The molecule has 126 valence electrons. The van der Waals surface area contributed by atoms with Crippen molar-refractivity contribution in [2.24, 2.45) is 11.8 Å². The number of amides is 1. The van der Waals surface area contributed by atoms with Crippen LogP contribution in [0.15, 0.2) is 5.38 Å². The topological polar surface area (TPSA) is 51.7 Å². The van der Waals surface area contributed by atoms with Crippen LogP contribution in [0.25, 0.3) is 0 Å². The molecule has 23 heavy (non-hydrogen) atoms. The summed E-state index contributed by atoms with van der Waals surface area (Å²) < 4.78 is 12.1. The zero-order valence-corrected chi connectivity index (χ0v) is 14.6. The van der Waals surface area contributed by atoms with E-state index in [-0.39, 0.29) is 17.6 Å². The second-order valence-electron chi connectivity index (χ2n) is 7.33. The lowest BCUT2D eigenvalue weighted by molar-refractivity contribution is -0.203. The molecule has 4 rings (SSSR count). The molecule has 1 aromatic heterocycles. The average molecular weight is 336 g/mol. The van der Waals surface area contributed by atoms with Gasteiger partial charge in [0, 0.05) is 24.3 Å². The second-order valence-corrected chi connectivity index (χ2v) is 8.39. The van der Waals surface area contributed by atoms with E-state index in [4.69, 9.17) is 9.47 Å². The Morgan fingerprint density at radius 3 is 3.00 bits per heavy atom. The summed E-state index contributed by atoms with van der Waals surface area (Å²) >= 11 is 1.66. The van der Waals surface area contributed by atoms with E-state index >= 15 is 0 Å². The normalized spacial score (nSPS) is 31.9. The van der Waals surface area contributed by atoms with Crippen LogP contribution in [0.1, 0.15) is 36.9 Å². The van der Waals surface area contributed by atoms with Crippen molar-refractivity contribution >= 4 is 17.2 Å². The summed E-state index contributed by atoms with van der Waals surface area (Å²) in [7, 11) is 0. The fourth-order valence-electron chi connectivity index (χ4n) is 3.73. The monoisotopic (exact) mass is 336 g/mol. The maximum Gasteiger partial charge on any atom is 0.226 e. The number of hydrogen-bond acceptors (Lipinski definition) is 5. The van der Waals surface area contributed by atoms with Crippen molar-refractivity contribution in [1.82, 2.24) is 9.88 Å². The third-order valence-corrected chi connectivity index (χ3v) is 6.10. The standard InChI is InChI=1S/C17H24N2O3S/c1-11-5-15(11)16(20)19-9-17(10-19)6-14(3-4-22-17)21-7-13-8-23-12(2)18-13/h8,11,14-15H,3-7,9-10H2,1-2H3. The molecule has 3 aliphatic rings. The number of aryl methyl sites for hydroxylation is 1. The summed E-state index contributed by atoms with van der Waals surface area (Å²) in [5, 5.41) is 3.14. The first-order valence-corrected chi connectivity index (χ1v) is 9.38. The maximum absolute atomic E-state index is 12.3. The van der Waals surface area contributed by atoms with Gasteiger partial charge in [0.25, 0.3) is 0 Å². The highest BCUT2D eigenvalue weighted by Gasteiger charge is 2.53.